The molecule has 0 aliphatic rings. The highest BCUT2D eigenvalue weighted by Gasteiger charge is 2.09. The van der Waals surface area contributed by atoms with E-state index in [1.807, 2.05) is 25.7 Å². The number of hydrogen-bond donors (Lipinski definition) is 0. The molecule has 0 N–H and O–H groups in total. The zero-order valence-electron chi connectivity index (χ0n) is 7.89. The summed E-state index contributed by atoms with van der Waals surface area (Å²) >= 11 is 0. The molecule has 2 aromatic rings. The first-order valence-corrected chi connectivity index (χ1v) is 4.03. The van der Waals surface area contributed by atoms with Gasteiger partial charge in [-0.25, -0.2) is 4.98 Å². The van der Waals surface area contributed by atoms with E-state index in [1.54, 1.807) is 17.2 Å². The van der Waals surface area contributed by atoms with Crippen LogP contribution in [0.5, 0.6) is 0 Å². The Morgan fingerprint density at radius 2 is 2.08 bits per heavy atom. The van der Waals surface area contributed by atoms with Crippen LogP contribution in [0.1, 0.15) is 5.69 Å². The molecule has 0 spiro atoms. The Bertz CT molecular complexity index is 425. The predicted molar refractivity (Wildman–Crippen MR) is 47.9 cm³/mol. The van der Waals surface area contributed by atoms with E-state index < -0.39 is 0 Å². The molecule has 2 heterocycles. The average molecular weight is 177 g/mol. The van der Waals surface area contributed by atoms with Gasteiger partial charge in [-0.3, -0.25) is 9.36 Å². The first-order chi connectivity index (χ1) is 6.18. The fourth-order valence-electron chi connectivity index (χ4n) is 1.18. The van der Waals surface area contributed by atoms with Crippen LogP contribution in [0, 0.1) is 6.92 Å². The summed E-state index contributed by atoms with van der Waals surface area (Å²) in [5.41, 5.74) is 2.06. The highest BCUT2D eigenvalue weighted by atomic mass is 15.3. The summed E-state index contributed by atoms with van der Waals surface area (Å²) in [4.78, 5) is 4.16. The van der Waals surface area contributed by atoms with E-state index in [1.165, 1.54) is 0 Å². The van der Waals surface area contributed by atoms with E-state index in [9.17, 15) is 0 Å². The second kappa shape index (κ2) is 2.69. The number of hydrogen-bond acceptors (Lipinski definition) is 3. The Labute approximate surface area is 76.0 Å². The van der Waals surface area contributed by atoms with E-state index in [4.69, 9.17) is 0 Å². The normalized spacial score (nSPS) is 10.7. The van der Waals surface area contributed by atoms with Crippen LogP contribution >= 0.6 is 0 Å². The van der Waals surface area contributed by atoms with Gasteiger partial charge in [0, 0.05) is 19.8 Å². The Morgan fingerprint density at radius 1 is 1.31 bits per heavy atom. The average Bonchev–Trinajstić information content (AvgIpc) is 2.62. The molecule has 5 nitrogen and oxygen atoms in total. The van der Waals surface area contributed by atoms with Gasteiger partial charge in [0.25, 0.3) is 0 Å². The van der Waals surface area contributed by atoms with E-state index in [0.29, 0.717) is 0 Å². The molecule has 0 atom stereocenters. The maximum absolute atomic E-state index is 4.21. The van der Waals surface area contributed by atoms with Crippen molar-refractivity contribution in [3.05, 3.63) is 18.2 Å². The molecule has 0 amide bonds. The zero-order chi connectivity index (χ0) is 9.42. The Balaban J connectivity index is 2.52. The molecule has 68 valence electrons. The van der Waals surface area contributed by atoms with Crippen LogP contribution < -0.4 is 0 Å². The van der Waals surface area contributed by atoms with Crippen molar-refractivity contribution in [1.82, 2.24) is 24.5 Å². The fraction of sp³-hybridized carbons (Fsp3) is 0.375. The van der Waals surface area contributed by atoms with Gasteiger partial charge in [0.2, 0.25) is 0 Å². The van der Waals surface area contributed by atoms with Crippen molar-refractivity contribution in [1.29, 1.82) is 0 Å². The van der Waals surface area contributed by atoms with E-state index >= 15 is 0 Å². The van der Waals surface area contributed by atoms with Gasteiger partial charge in [-0.05, 0) is 6.92 Å². The first-order valence-electron chi connectivity index (χ1n) is 4.03. The van der Waals surface area contributed by atoms with Crippen molar-refractivity contribution in [3.8, 4) is 11.4 Å². The lowest BCUT2D eigenvalue weighted by Crippen LogP contribution is -1.93. The van der Waals surface area contributed by atoms with Gasteiger partial charge in [0.05, 0.1) is 11.8 Å². The van der Waals surface area contributed by atoms with Crippen LogP contribution in [0.4, 0.5) is 0 Å². The molecule has 0 saturated carbocycles. The summed E-state index contributed by atoms with van der Waals surface area (Å²) in [5.74, 6) is 0.730. The third-order valence-corrected chi connectivity index (χ3v) is 2.08. The van der Waals surface area contributed by atoms with Crippen molar-refractivity contribution in [2.45, 2.75) is 6.92 Å². The summed E-state index contributed by atoms with van der Waals surface area (Å²) in [6.45, 7) is 2.00. The van der Waals surface area contributed by atoms with Gasteiger partial charge in [-0.2, -0.15) is 10.2 Å². The summed E-state index contributed by atoms with van der Waals surface area (Å²) in [6, 6.07) is 0. The third kappa shape index (κ3) is 1.22. The van der Waals surface area contributed by atoms with Gasteiger partial charge >= 0.3 is 0 Å². The lowest BCUT2D eigenvalue weighted by molar-refractivity contribution is 0.740. The van der Waals surface area contributed by atoms with Crippen LogP contribution in [0.3, 0.4) is 0 Å². The van der Waals surface area contributed by atoms with E-state index in [-0.39, 0.29) is 0 Å². The second-order valence-corrected chi connectivity index (χ2v) is 3.01. The standard InChI is InChI=1S/C8H11N5/c1-6-7(4-10-13(6)3)8-9-5-12(2)11-8/h4-5H,1-3H3. The topological polar surface area (TPSA) is 48.5 Å². The number of nitrogens with zero attached hydrogens (tertiary/aromatic N) is 5. The van der Waals surface area contributed by atoms with Crippen LogP contribution in [-0.2, 0) is 14.1 Å². The van der Waals surface area contributed by atoms with Gasteiger partial charge in [-0.15, -0.1) is 0 Å². The first kappa shape index (κ1) is 7.97. The predicted octanol–water partition coefficient (Wildman–Crippen LogP) is 0.524. The van der Waals surface area contributed by atoms with Crippen LogP contribution in [0.15, 0.2) is 12.5 Å². The Morgan fingerprint density at radius 3 is 2.54 bits per heavy atom. The summed E-state index contributed by atoms with van der Waals surface area (Å²) in [7, 11) is 3.75. The monoisotopic (exact) mass is 177 g/mol. The largest absolute Gasteiger partial charge is 0.272 e. The number of rotatable bonds is 1. The molecule has 2 rings (SSSR count). The molecule has 0 unspecified atom stereocenters. The van der Waals surface area contributed by atoms with Crippen molar-refractivity contribution < 1.29 is 0 Å². The van der Waals surface area contributed by atoms with Gasteiger partial charge in [0.15, 0.2) is 5.82 Å². The minimum Gasteiger partial charge on any atom is -0.272 e. The molecule has 0 aliphatic carbocycles. The SMILES string of the molecule is Cc1c(-c2ncn(C)n2)cnn1C. The minimum absolute atomic E-state index is 0.730. The molecule has 0 aliphatic heterocycles. The highest BCUT2D eigenvalue weighted by molar-refractivity contribution is 5.55. The summed E-state index contributed by atoms with van der Waals surface area (Å²) in [6.07, 6.45) is 3.46. The number of aryl methyl sites for hydroxylation is 2. The molecule has 13 heavy (non-hydrogen) atoms. The molecule has 5 heteroatoms. The van der Waals surface area contributed by atoms with Crippen molar-refractivity contribution in [3.63, 3.8) is 0 Å². The summed E-state index contributed by atoms with van der Waals surface area (Å²) in [5, 5.41) is 8.34. The third-order valence-electron chi connectivity index (χ3n) is 2.08. The summed E-state index contributed by atoms with van der Waals surface area (Å²) < 4.78 is 3.49. The van der Waals surface area contributed by atoms with Crippen molar-refractivity contribution >= 4 is 0 Å². The van der Waals surface area contributed by atoms with E-state index in [0.717, 1.165) is 17.1 Å². The maximum atomic E-state index is 4.21. The fourth-order valence-corrected chi connectivity index (χ4v) is 1.18. The molecular formula is C8H11N5. The lowest BCUT2D eigenvalue weighted by atomic mass is 10.2. The van der Waals surface area contributed by atoms with Crippen molar-refractivity contribution in [2.75, 3.05) is 0 Å². The van der Waals surface area contributed by atoms with Crippen molar-refractivity contribution in [2.24, 2.45) is 14.1 Å². The molecule has 0 bridgehead atoms. The zero-order valence-corrected chi connectivity index (χ0v) is 7.89. The quantitative estimate of drug-likeness (QED) is 0.638. The van der Waals surface area contributed by atoms with E-state index in [2.05, 4.69) is 15.2 Å². The molecular weight excluding hydrogens is 166 g/mol. The molecule has 2 aromatic heterocycles. The maximum Gasteiger partial charge on any atom is 0.184 e. The van der Waals surface area contributed by atoms with Gasteiger partial charge in [-0.1, -0.05) is 0 Å². The molecule has 0 radical (unpaired) electrons. The van der Waals surface area contributed by atoms with Gasteiger partial charge < -0.3 is 0 Å². The smallest absolute Gasteiger partial charge is 0.184 e. The second-order valence-electron chi connectivity index (χ2n) is 3.01. The van der Waals surface area contributed by atoms with Gasteiger partial charge in [0.1, 0.15) is 6.33 Å². The highest BCUT2D eigenvalue weighted by Crippen LogP contribution is 2.17. The lowest BCUT2D eigenvalue weighted by Gasteiger charge is -1.94. The van der Waals surface area contributed by atoms with Crippen LogP contribution in [0.2, 0.25) is 0 Å². The minimum atomic E-state index is 0.730. The van der Waals surface area contributed by atoms with Crippen LogP contribution in [-0.4, -0.2) is 24.5 Å². The Hall–Kier alpha value is -1.65. The molecule has 0 fully saturated rings. The molecule has 0 aromatic carbocycles. The number of aromatic nitrogens is 5. The van der Waals surface area contributed by atoms with Crippen LogP contribution in [0.25, 0.3) is 11.4 Å². The molecule has 0 saturated heterocycles. The Kier molecular flexibility index (Phi) is 1.65.